The van der Waals surface area contributed by atoms with Gasteiger partial charge in [0.1, 0.15) is 5.69 Å². The maximum atomic E-state index is 12.6. The van der Waals surface area contributed by atoms with Gasteiger partial charge in [-0.05, 0) is 25.0 Å². The third-order valence-corrected chi connectivity index (χ3v) is 6.06. The highest BCUT2D eigenvalue weighted by Gasteiger charge is 2.38. The van der Waals surface area contributed by atoms with E-state index >= 15 is 0 Å². The Morgan fingerprint density at radius 1 is 1.24 bits per heavy atom. The van der Waals surface area contributed by atoms with Crippen molar-refractivity contribution >= 4 is 52.0 Å². The number of aromatic nitrogens is 3. The van der Waals surface area contributed by atoms with Gasteiger partial charge in [-0.3, -0.25) is 4.79 Å². The number of rotatable bonds is 4. The van der Waals surface area contributed by atoms with Gasteiger partial charge in [-0.2, -0.15) is 13.2 Å². The molecule has 1 aliphatic carbocycles. The highest BCUT2D eigenvalue weighted by molar-refractivity contribution is 7.09. The van der Waals surface area contributed by atoms with E-state index < -0.39 is 12.1 Å². The van der Waals surface area contributed by atoms with Crippen LogP contribution in [0.1, 0.15) is 36.2 Å². The van der Waals surface area contributed by atoms with Crippen LogP contribution < -0.4 is 16.4 Å². The molecule has 0 aliphatic heterocycles. The SMILES string of the molecule is N[C@H]1CCCC[C@H]1Nc1ncc2ccc(C(=O)Nc3cscc3Cl)n2n1.O=C(O)C(F)(F)F. The summed E-state index contributed by atoms with van der Waals surface area (Å²) in [4.78, 5) is 25.8. The summed E-state index contributed by atoms with van der Waals surface area (Å²) >= 11 is 7.48. The number of hydrogen-bond donors (Lipinski definition) is 4. The van der Waals surface area contributed by atoms with E-state index in [1.807, 2.05) is 0 Å². The zero-order valence-corrected chi connectivity index (χ0v) is 18.5. The van der Waals surface area contributed by atoms with Crippen molar-refractivity contribution in [2.45, 2.75) is 43.9 Å². The van der Waals surface area contributed by atoms with Gasteiger partial charge in [0.15, 0.2) is 0 Å². The Bertz CT molecular complexity index is 1140. The lowest BCUT2D eigenvalue weighted by Gasteiger charge is -2.29. The molecule has 14 heteroatoms. The molecule has 0 spiro atoms. The van der Waals surface area contributed by atoms with Gasteiger partial charge in [0, 0.05) is 22.8 Å². The zero-order valence-electron chi connectivity index (χ0n) is 17.0. The fourth-order valence-electron chi connectivity index (χ4n) is 3.20. The van der Waals surface area contributed by atoms with Crippen LogP contribution in [0.4, 0.5) is 24.8 Å². The molecule has 33 heavy (non-hydrogen) atoms. The number of carboxylic acid groups (broad SMARTS) is 1. The normalized spacial score (nSPS) is 18.3. The summed E-state index contributed by atoms with van der Waals surface area (Å²) in [7, 11) is 0. The molecule has 1 saturated carbocycles. The van der Waals surface area contributed by atoms with E-state index in [0.29, 0.717) is 22.4 Å². The minimum atomic E-state index is -5.08. The maximum Gasteiger partial charge on any atom is 0.490 e. The minimum absolute atomic E-state index is 0.0937. The summed E-state index contributed by atoms with van der Waals surface area (Å²) in [6, 6.07) is 3.77. The van der Waals surface area contributed by atoms with Gasteiger partial charge >= 0.3 is 12.1 Å². The second-order valence-electron chi connectivity index (χ2n) is 7.23. The number of carbonyl (C=O) groups is 2. The van der Waals surface area contributed by atoms with E-state index in [-0.39, 0.29) is 18.0 Å². The van der Waals surface area contributed by atoms with E-state index in [4.69, 9.17) is 27.2 Å². The van der Waals surface area contributed by atoms with Gasteiger partial charge in [0.25, 0.3) is 5.91 Å². The molecule has 1 amide bonds. The molecule has 4 rings (SSSR count). The number of hydrogen-bond acceptors (Lipinski definition) is 7. The summed E-state index contributed by atoms with van der Waals surface area (Å²) in [5, 5.41) is 21.8. The van der Waals surface area contributed by atoms with E-state index in [2.05, 4.69) is 20.7 Å². The Kier molecular flexibility index (Phi) is 7.76. The third kappa shape index (κ3) is 6.33. The first-order valence-corrected chi connectivity index (χ1v) is 11.1. The molecule has 3 heterocycles. The average molecular weight is 505 g/mol. The molecular formula is C19H20ClF3N6O3S. The summed E-state index contributed by atoms with van der Waals surface area (Å²) in [6.07, 6.45) is 0.910. The number of nitrogens with one attached hydrogen (secondary N) is 2. The number of carbonyl (C=O) groups excluding carboxylic acids is 1. The molecule has 5 N–H and O–H groups in total. The first-order valence-electron chi connectivity index (χ1n) is 9.76. The van der Waals surface area contributed by atoms with Gasteiger partial charge in [0.2, 0.25) is 5.95 Å². The van der Waals surface area contributed by atoms with Crippen LogP contribution in [-0.4, -0.2) is 49.8 Å². The van der Waals surface area contributed by atoms with Crippen molar-refractivity contribution < 1.29 is 27.9 Å². The zero-order chi connectivity index (χ0) is 24.2. The van der Waals surface area contributed by atoms with Crippen LogP contribution in [0.5, 0.6) is 0 Å². The second kappa shape index (κ2) is 10.4. The highest BCUT2D eigenvalue weighted by atomic mass is 35.5. The van der Waals surface area contributed by atoms with Crippen molar-refractivity contribution in [2.75, 3.05) is 10.6 Å². The summed E-state index contributed by atoms with van der Waals surface area (Å²) in [6.45, 7) is 0. The fraction of sp³-hybridized carbons (Fsp3) is 0.368. The lowest BCUT2D eigenvalue weighted by atomic mass is 9.91. The van der Waals surface area contributed by atoms with Crippen LogP contribution in [-0.2, 0) is 4.79 Å². The maximum absolute atomic E-state index is 12.6. The summed E-state index contributed by atoms with van der Waals surface area (Å²) in [5.41, 5.74) is 7.94. The number of halogens is 4. The van der Waals surface area contributed by atoms with Crippen molar-refractivity contribution in [3.8, 4) is 0 Å². The molecule has 0 unspecified atom stereocenters. The molecule has 0 aromatic carbocycles. The van der Waals surface area contributed by atoms with Crippen molar-refractivity contribution in [2.24, 2.45) is 5.73 Å². The van der Waals surface area contributed by atoms with Crippen LogP contribution in [0.2, 0.25) is 5.02 Å². The first kappa shape index (κ1) is 24.7. The molecule has 3 aromatic rings. The number of alkyl halides is 3. The number of fused-ring (bicyclic) bond motifs is 1. The topological polar surface area (TPSA) is 135 Å². The number of nitrogens with zero attached hydrogens (tertiary/aromatic N) is 3. The molecule has 0 saturated heterocycles. The standard InChI is InChI=1S/C17H19ClN6OS.C2HF3O2/c18-11-8-26-9-14(11)21-16(25)15-6-5-10-7-20-17(23-24(10)15)22-13-4-2-1-3-12(13)19;3-2(4,5)1(6)7/h5-9,12-13H,1-4,19H2,(H,21,25)(H,22,23);(H,6,7)/t12-,13+;/m0./s1. The summed E-state index contributed by atoms with van der Waals surface area (Å²) in [5.74, 6) is -2.56. The number of anilines is 2. The first-order chi connectivity index (χ1) is 15.6. The number of aliphatic carboxylic acids is 1. The van der Waals surface area contributed by atoms with Crippen LogP contribution in [0.25, 0.3) is 5.52 Å². The summed E-state index contributed by atoms with van der Waals surface area (Å²) < 4.78 is 33.3. The number of nitrogens with two attached hydrogens (primary N) is 1. The molecule has 2 atom stereocenters. The minimum Gasteiger partial charge on any atom is -0.475 e. The van der Waals surface area contributed by atoms with E-state index in [0.717, 1.165) is 31.2 Å². The van der Waals surface area contributed by atoms with Gasteiger partial charge < -0.3 is 21.5 Å². The molecule has 1 aliphatic rings. The van der Waals surface area contributed by atoms with Crippen molar-refractivity contribution in [3.63, 3.8) is 0 Å². The van der Waals surface area contributed by atoms with Crippen LogP contribution in [0.3, 0.4) is 0 Å². The lowest BCUT2D eigenvalue weighted by Crippen LogP contribution is -2.43. The third-order valence-electron chi connectivity index (χ3n) is 4.87. The van der Waals surface area contributed by atoms with Gasteiger partial charge in [-0.15, -0.1) is 16.4 Å². The Hall–Kier alpha value is -2.90. The van der Waals surface area contributed by atoms with Gasteiger partial charge in [-0.1, -0.05) is 24.4 Å². The number of thiophene rings is 1. The van der Waals surface area contributed by atoms with E-state index in [1.165, 1.54) is 11.3 Å². The lowest BCUT2D eigenvalue weighted by molar-refractivity contribution is -0.192. The molecular weight excluding hydrogens is 485 g/mol. The Balaban J connectivity index is 0.000000383. The Morgan fingerprint density at radius 3 is 2.55 bits per heavy atom. The molecule has 3 aromatic heterocycles. The largest absolute Gasteiger partial charge is 0.490 e. The predicted octanol–water partition coefficient (Wildman–Crippen LogP) is 4.01. The average Bonchev–Trinajstić information content (AvgIpc) is 3.35. The molecule has 9 nitrogen and oxygen atoms in total. The fourth-order valence-corrected chi connectivity index (χ4v) is 4.16. The van der Waals surface area contributed by atoms with E-state index in [1.54, 1.807) is 33.6 Å². The predicted molar refractivity (Wildman–Crippen MR) is 118 cm³/mol. The van der Waals surface area contributed by atoms with Crippen LogP contribution in [0, 0.1) is 0 Å². The van der Waals surface area contributed by atoms with Gasteiger partial charge in [-0.25, -0.2) is 14.3 Å². The monoisotopic (exact) mass is 504 g/mol. The van der Waals surface area contributed by atoms with Crippen molar-refractivity contribution in [1.82, 2.24) is 14.6 Å². The quantitative estimate of drug-likeness (QED) is 0.421. The molecule has 0 radical (unpaired) electrons. The highest BCUT2D eigenvalue weighted by Crippen LogP contribution is 2.26. The molecule has 1 fully saturated rings. The Labute approximate surface area is 194 Å². The van der Waals surface area contributed by atoms with E-state index in [9.17, 15) is 18.0 Å². The molecule has 178 valence electrons. The van der Waals surface area contributed by atoms with Crippen LogP contribution >= 0.6 is 22.9 Å². The van der Waals surface area contributed by atoms with Crippen molar-refractivity contribution in [3.05, 3.63) is 39.8 Å². The Morgan fingerprint density at radius 2 is 1.94 bits per heavy atom. The van der Waals surface area contributed by atoms with Crippen LogP contribution in [0.15, 0.2) is 29.1 Å². The number of amides is 1. The van der Waals surface area contributed by atoms with Crippen molar-refractivity contribution in [1.29, 1.82) is 0 Å². The smallest absolute Gasteiger partial charge is 0.475 e. The molecule has 0 bridgehead atoms. The second-order valence-corrected chi connectivity index (χ2v) is 8.38. The number of carboxylic acids is 1. The van der Waals surface area contributed by atoms with Gasteiger partial charge in [0.05, 0.1) is 22.4 Å².